The molecule has 1 fully saturated rings. The van der Waals surface area contributed by atoms with E-state index in [1.807, 2.05) is 0 Å². The Hall–Kier alpha value is -1.98. The standard InChI is InChI=1S/C12H13FN2O3/c13-10-4-1-5-11(15(17)18)12(10)14-6-2-3-9(7-14)8-16/h1,4-5,8-9H,2-3,6-7H2. The molecule has 1 atom stereocenters. The largest absolute Gasteiger partial charge is 0.363 e. The highest BCUT2D eigenvalue weighted by Gasteiger charge is 2.27. The van der Waals surface area contributed by atoms with Crippen molar-refractivity contribution < 1.29 is 14.1 Å². The molecule has 96 valence electrons. The lowest BCUT2D eigenvalue weighted by Gasteiger charge is -2.31. The molecule has 1 aliphatic rings. The third-order valence-corrected chi connectivity index (χ3v) is 3.13. The van der Waals surface area contributed by atoms with Gasteiger partial charge in [-0.2, -0.15) is 0 Å². The number of hydrogen-bond acceptors (Lipinski definition) is 4. The van der Waals surface area contributed by atoms with Crippen LogP contribution in [-0.2, 0) is 4.79 Å². The Bertz CT molecular complexity index is 478. The van der Waals surface area contributed by atoms with E-state index < -0.39 is 10.7 Å². The Balaban J connectivity index is 2.37. The predicted molar refractivity (Wildman–Crippen MR) is 64.1 cm³/mol. The molecule has 1 aliphatic heterocycles. The van der Waals surface area contributed by atoms with Gasteiger partial charge in [0, 0.05) is 25.1 Å². The van der Waals surface area contributed by atoms with E-state index in [0.29, 0.717) is 13.1 Å². The van der Waals surface area contributed by atoms with Crippen LogP contribution in [0.4, 0.5) is 15.8 Å². The van der Waals surface area contributed by atoms with Gasteiger partial charge in [0.25, 0.3) is 5.69 Å². The van der Waals surface area contributed by atoms with Crippen molar-refractivity contribution in [3.8, 4) is 0 Å². The van der Waals surface area contributed by atoms with Crippen LogP contribution in [0.3, 0.4) is 0 Å². The summed E-state index contributed by atoms with van der Waals surface area (Å²) in [7, 11) is 0. The fourth-order valence-corrected chi connectivity index (χ4v) is 2.29. The molecule has 5 nitrogen and oxygen atoms in total. The monoisotopic (exact) mass is 252 g/mol. The minimum atomic E-state index is -0.615. The molecule has 0 amide bonds. The van der Waals surface area contributed by atoms with Crippen LogP contribution in [0.5, 0.6) is 0 Å². The Morgan fingerprint density at radius 1 is 1.50 bits per heavy atom. The molecule has 18 heavy (non-hydrogen) atoms. The summed E-state index contributed by atoms with van der Waals surface area (Å²) in [6.45, 7) is 0.872. The van der Waals surface area contributed by atoms with Gasteiger partial charge in [-0.05, 0) is 18.9 Å². The molecule has 1 aromatic rings. The molecule has 1 aromatic carbocycles. The first-order valence-electron chi connectivity index (χ1n) is 5.76. The number of anilines is 1. The molecule has 0 aliphatic carbocycles. The number of para-hydroxylation sites is 1. The summed E-state index contributed by atoms with van der Waals surface area (Å²) in [6, 6.07) is 3.80. The number of hydrogen-bond donors (Lipinski definition) is 0. The second-order valence-electron chi connectivity index (χ2n) is 4.35. The summed E-state index contributed by atoms with van der Waals surface area (Å²) in [6.07, 6.45) is 2.32. The summed E-state index contributed by atoms with van der Waals surface area (Å²) in [5.74, 6) is -0.797. The molecule has 2 rings (SSSR count). The van der Waals surface area contributed by atoms with Crippen LogP contribution >= 0.6 is 0 Å². The maximum absolute atomic E-state index is 13.8. The van der Waals surface area contributed by atoms with Crippen molar-refractivity contribution in [2.24, 2.45) is 5.92 Å². The number of nitro benzene ring substituents is 1. The number of carbonyl (C=O) groups excluding carboxylic acids is 1. The maximum atomic E-state index is 13.8. The zero-order chi connectivity index (χ0) is 13.1. The van der Waals surface area contributed by atoms with Gasteiger partial charge in [0.1, 0.15) is 6.29 Å². The average molecular weight is 252 g/mol. The van der Waals surface area contributed by atoms with E-state index in [-0.39, 0.29) is 17.3 Å². The van der Waals surface area contributed by atoms with E-state index >= 15 is 0 Å². The van der Waals surface area contributed by atoms with Crippen molar-refractivity contribution in [1.82, 2.24) is 0 Å². The first-order valence-corrected chi connectivity index (χ1v) is 5.76. The van der Waals surface area contributed by atoms with E-state index in [9.17, 15) is 19.3 Å². The average Bonchev–Trinajstić information content (AvgIpc) is 2.38. The third-order valence-electron chi connectivity index (χ3n) is 3.13. The van der Waals surface area contributed by atoms with Gasteiger partial charge in [-0.1, -0.05) is 6.07 Å². The zero-order valence-corrected chi connectivity index (χ0v) is 9.71. The van der Waals surface area contributed by atoms with E-state index in [1.54, 1.807) is 4.90 Å². The molecule has 1 heterocycles. The normalized spacial score (nSPS) is 19.6. The van der Waals surface area contributed by atoms with Crippen LogP contribution in [0, 0.1) is 21.8 Å². The molecule has 0 saturated carbocycles. The van der Waals surface area contributed by atoms with Crippen molar-refractivity contribution in [2.45, 2.75) is 12.8 Å². The quantitative estimate of drug-likeness (QED) is 0.469. The molecular formula is C12H13FN2O3. The van der Waals surface area contributed by atoms with Gasteiger partial charge in [-0.15, -0.1) is 0 Å². The number of nitrogens with zero attached hydrogens (tertiary/aromatic N) is 2. The fourth-order valence-electron chi connectivity index (χ4n) is 2.29. The molecule has 0 spiro atoms. The van der Waals surface area contributed by atoms with E-state index in [0.717, 1.165) is 19.1 Å². The van der Waals surface area contributed by atoms with Gasteiger partial charge in [-0.3, -0.25) is 10.1 Å². The lowest BCUT2D eigenvalue weighted by molar-refractivity contribution is -0.384. The minimum absolute atomic E-state index is 0.00551. The number of piperidine rings is 1. The van der Waals surface area contributed by atoms with Gasteiger partial charge in [-0.25, -0.2) is 4.39 Å². The fraction of sp³-hybridized carbons (Fsp3) is 0.417. The minimum Gasteiger partial charge on any atom is -0.363 e. The van der Waals surface area contributed by atoms with Gasteiger partial charge < -0.3 is 9.69 Å². The van der Waals surface area contributed by atoms with Crippen molar-refractivity contribution >= 4 is 17.7 Å². The number of halogens is 1. The van der Waals surface area contributed by atoms with E-state index in [2.05, 4.69) is 0 Å². The number of carbonyl (C=O) groups is 1. The highest BCUT2D eigenvalue weighted by Crippen LogP contribution is 2.33. The van der Waals surface area contributed by atoms with Crippen LogP contribution in [-0.4, -0.2) is 24.3 Å². The molecule has 0 radical (unpaired) electrons. The number of aldehydes is 1. The number of nitro groups is 1. The molecular weight excluding hydrogens is 239 g/mol. The van der Waals surface area contributed by atoms with E-state index in [4.69, 9.17) is 0 Å². The van der Waals surface area contributed by atoms with Crippen LogP contribution in [0.1, 0.15) is 12.8 Å². The summed E-state index contributed by atoms with van der Waals surface area (Å²) in [5.41, 5.74) is -0.254. The molecule has 6 heteroatoms. The van der Waals surface area contributed by atoms with Gasteiger partial charge in [0.15, 0.2) is 11.5 Å². The lowest BCUT2D eigenvalue weighted by atomic mass is 9.99. The second-order valence-corrected chi connectivity index (χ2v) is 4.35. The molecule has 1 saturated heterocycles. The second kappa shape index (κ2) is 5.12. The van der Waals surface area contributed by atoms with Gasteiger partial charge in [0.2, 0.25) is 0 Å². The highest BCUT2D eigenvalue weighted by atomic mass is 19.1. The maximum Gasteiger partial charge on any atom is 0.295 e. The molecule has 0 bridgehead atoms. The Morgan fingerprint density at radius 2 is 2.28 bits per heavy atom. The van der Waals surface area contributed by atoms with Gasteiger partial charge >= 0.3 is 0 Å². The molecule has 0 aromatic heterocycles. The molecule has 0 N–H and O–H groups in total. The third kappa shape index (κ3) is 2.32. The molecule has 1 unspecified atom stereocenters. The van der Waals surface area contributed by atoms with Crippen molar-refractivity contribution in [3.63, 3.8) is 0 Å². The van der Waals surface area contributed by atoms with Crippen LogP contribution in [0.25, 0.3) is 0 Å². The first kappa shape index (κ1) is 12.5. The summed E-state index contributed by atoms with van der Waals surface area (Å²) in [4.78, 5) is 22.7. The number of rotatable bonds is 3. The van der Waals surface area contributed by atoms with Crippen molar-refractivity contribution in [3.05, 3.63) is 34.1 Å². The summed E-state index contributed by atoms with van der Waals surface area (Å²) < 4.78 is 13.8. The van der Waals surface area contributed by atoms with Crippen LogP contribution in [0.2, 0.25) is 0 Å². The van der Waals surface area contributed by atoms with Crippen molar-refractivity contribution in [2.75, 3.05) is 18.0 Å². The van der Waals surface area contributed by atoms with Crippen molar-refractivity contribution in [1.29, 1.82) is 0 Å². The van der Waals surface area contributed by atoms with Crippen LogP contribution < -0.4 is 4.90 Å². The Morgan fingerprint density at radius 3 is 2.94 bits per heavy atom. The van der Waals surface area contributed by atoms with Gasteiger partial charge in [0.05, 0.1) is 4.92 Å². The Labute approximate surface area is 103 Å². The topological polar surface area (TPSA) is 63.5 Å². The zero-order valence-electron chi connectivity index (χ0n) is 9.71. The lowest BCUT2D eigenvalue weighted by Crippen LogP contribution is -2.36. The summed E-state index contributed by atoms with van der Waals surface area (Å²) in [5, 5.41) is 10.9. The Kier molecular flexibility index (Phi) is 3.55. The number of benzene rings is 1. The first-order chi connectivity index (χ1) is 8.63. The SMILES string of the molecule is O=CC1CCCN(c2c(F)cccc2[N+](=O)[O-])C1. The van der Waals surface area contributed by atoms with E-state index in [1.165, 1.54) is 18.2 Å². The highest BCUT2D eigenvalue weighted by molar-refractivity contribution is 5.66. The smallest absolute Gasteiger partial charge is 0.295 e. The van der Waals surface area contributed by atoms with Crippen LogP contribution in [0.15, 0.2) is 18.2 Å². The predicted octanol–water partition coefficient (Wildman–Crippen LogP) is 2.15. The summed E-state index contributed by atoms with van der Waals surface area (Å²) >= 11 is 0.